The fraction of sp³-hybridized carbons (Fsp3) is 0.438. The molecule has 2 aliphatic heterocycles. The predicted molar refractivity (Wildman–Crippen MR) is 88.2 cm³/mol. The van der Waals surface area contributed by atoms with Crippen molar-refractivity contribution in [2.24, 2.45) is 0 Å². The average molecular weight is 350 g/mol. The molecule has 0 N–H and O–H groups in total. The third kappa shape index (κ3) is 3.33. The van der Waals surface area contributed by atoms with Gasteiger partial charge in [-0.25, -0.2) is 0 Å². The number of hydrogen-bond acceptors (Lipinski definition) is 6. The smallest absolute Gasteiger partial charge is 0.289 e. The van der Waals surface area contributed by atoms with E-state index in [0.29, 0.717) is 31.0 Å². The molecular weight excluding hydrogens is 332 g/mol. The molecule has 1 unspecified atom stereocenters. The lowest BCUT2D eigenvalue weighted by Gasteiger charge is -2.22. The van der Waals surface area contributed by atoms with Crippen molar-refractivity contribution in [1.82, 2.24) is 9.80 Å². The van der Waals surface area contributed by atoms with E-state index in [0.717, 1.165) is 11.8 Å². The maximum Gasteiger partial charge on any atom is 0.289 e. The summed E-state index contributed by atoms with van der Waals surface area (Å²) in [6.07, 6.45) is 0.610. The van der Waals surface area contributed by atoms with Crippen molar-refractivity contribution < 1.29 is 23.9 Å². The molecule has 7 nitrogen and oxygen atoms in total. The van der Waals surface area contributed by atoms with E-state index in [-0.39, 0.29) is 35.5 Å². The SMILES string of the molecule is COc1ccccc1OCC(=O)N1CCC(N2C(=O)CSC2=O)C1. The monoisotopic (exact) mass is 350 g/mol. The van der Waals surface area contributed by atoms with Crippen molar-refractivity contribution in [3.63, 3.8) is 0 Å². The van der Waals surface area contributed by atoms with Crippen LogP contribution in [-0.4, -0.2) is 65.5 Å². The van der Waals surface area contributed by atoms with Crippen LogP contribution in [0.15, 0.2) is 24.3 Å². The van der Waals surface area contributed by atoms with Gasteiger partial charge in [0.05, 0.1) is 18.9 Å². The summed E-state index contributed by atoms with van der Waals surface area (Å²) in [4.78, 5) is 38.8. The van der Waals surface area contributed by atoms with Crippen molar-refractivity contribution in [2.45, 2.75) is 12.5 Å². The van der Waals surface area contributed by atoms with Crippen molar-refractivity contribution in [3.8, 4) is 11.5 Å². The maximum atomic E-state index is 12.3. The van der Waals surface area contributed by atoms with E-state index in [9.17, 15) is 14.4 Å². The topological polar surface area (TPSA) is 76.2 Å². The Morgan fingerprint density at radius 1 is 1.29 bits per heavy atom. The number of rotatable bonds is 5. The van der Waals surface area contributed by atoms with Gasteiger partial charge < -0.3 is 14.4 Å². The van der Waals surface area contributed by atoms with E-state index in [1.807, 2.05) is 6.07 Å². The van der Waals surface area contributed by atoms with E-state index in [1.54, 1.807) is 23.1 Å². The molecular formula is C16H18N2O5S. The van der Waals surface area contributed by atoms with Gasteiger partial charge in [-0.05, 0) is 18.6 Å². The number of carbonyl (C=O) groups is 3. The number of carbonyl (C=O) groups excluding carboxylic acids is 3. The summed E-state index contributed by atoms with van der Waals surface area (Å²) in [5, 5.41) is -0.218. The van der Waals surface area contributed by atoms with Gasteiger partial charge in [-0.15, -0.1) is 0 Å². The molecule has 8 heteroatoms. The van der Waals surface area contributed by atoms with Crippen LogP contribution in [0.25, 0.3) is 0 Å². The highest BCUT2D eigenvalue weighted by Crippen LogP contribution is 2.27. The Balaban J connectivity index is 1.55. The Morgan fingerprint density at radius 2 is 2.04 bits per heavy atom. The summed E-state index contributed by atoms with van der Waals surface area (Å²) in [5.41, 5.74) is 0. The van der Waals surface area contributed by atoms with E-state index >= 15 is 0 Å². The minimum absolute atomic E-state index is 0.107. The van der Waals surface area contributed by atoms with E-state index in [1.165, 1.54) is 12.0 Å². The second kappa shape index (κ2) is 7.12. The molecule has 0 radical (unpaired) electrons. The molecule has 2 saturated heterocycles. The number of ether oxygens (including phenoxy) is 2. The number of nitrogens with zero attached hydrogens (tertiary/aromatic N) is 2. The summed E-state index contributed by atoms with van der Waals surface area (Å²) in [6, 6.07) is 6.89. The highest BCUT2D eigenvalue weighted by Gasteiger charge is 2.40. The van der Waals surface area contributed by atoms with Gasteiger partial charge in [0, 0.05) is 13.1 Å². The lowest BCUT2D eigenvalue weighted by molar-refractivity contribution is -0.133. The molecule has 2 fully saturated rings. The summed E-state index contributed by atoms with van der Waals surface area (Å²) in [7, 11) is 1.54. The van der Waals surface area contributed by atoms with Crippen molar-refractivity contribution in [3.05, 3.63) is 24.3 Å². The summed E-state index contributed by atoms with van der Waals surface area (Å²) < 4.78 is 10.7. The Kier molecular flexibility index (Phi) is 4.94. The highest BCUT2D eigenvalue weighted by atomic mass is 32.2. The fourth-order valence-electron chi connectivity index (χ4n) is 2.87. The van der Waals surface area contributed by atoms with Crippen LogP contribution in [0.2, 0.25) is 0 Å². The van der Waals surface area contributed by atoms with Gasteiger partial charge in [0.15, 0.2) is 18.1 Å². The summed E-state index contributed by atoms with van der Waals surface area (Å²) >= 11 is 1.02. The molecule has 0 spiro atoms. The minimum Gasteiger partial charge on any atom is -0.493 e. The molecule has 128 valence electrons. The van der Waals surface area contributed by atoms with Gasteiger partial charge in [0.25, 0.3) is 11.1 Å². The van der Waals surface area contributed by atoms with E-state index < -0.39 is 0 Å². The molecule has 0 saturated carbocycles. The first-order chi connectivity index (χ1) is 11.6. The highest BCUT2D eigenvalue weighted by molar-refractivity contribution is 8.14. The van der Waals surface area contributed by atoms with Crippen LogP contribution in [0.3, 0.4) is 0 Å². The molecule has 0 aromatic heterocycles. The van der Waals surface area contributed by atoms with Crippen LogP contribution in [-0.2, 0) is 9.59 Å². The first-order valence-electron chi connectivity index (χ1n) is 7.62. The molecule has 3 amide bonds. The van der Waals surface area contributed by atoms with E-state index in [2.05, 4.69) is 0 Å². The van der Waals surface area contributed by atoms with Gasteiger partial charge in [0.1, 0.15) is 0 Å². The molecule has 0 bridgehead atoms. The van der Waals surface area contributed by atoms with E-state index in [4.69, 9.17) is 9.47 Å². The Hall–Kier alpha value is -2.22. The Morgan fingerprint density at radius 3 is 2.71 bits per heavy atom. The normalized spacial score (nSPS) is 20.6. The third-order valence-corrected chi connectivity index (χ3v) is 4.92. The third-order valence-electron chi connectivity index (χ3n) is 4.09. The van der Waals surface area contributed by atoms with Crippen LogP contribution >= 0.6 is 11.8 Å². The number of likely N-dealkylation sites (tertiary alicyclic amines) is 1. The van der Waals surface area contributed by atoms with Gasteiger partial charge in [-0.1, -0.05) is 23.9 Å². The van der Waals surface area contributed by atoms with Gasteiger partial charge in [0.2, 0.25) is 5.91 Å². The van der Waals surface area contributed by atoms with Crippen molar-refractivity contribution >= 4 is 28.8 Å². The van der Waals surface area contributed by atoms with Crippen LogP contribution in [0, 0.1) is 0 Å². The predicted octanol–water partition coefficient (Wildman–Crippen LogP) is 1.37. The summed E-state index contributed by atoms with van der Waals surface area (Å²) in [5.74, 6) is 0.921. The number of para-hydroxylation sites is 2. The summed E-state index contributed by atoms with van der Waals surface area (Å²) in [6.45, 7) is 0.774. The molecule has 24 heavy (non-hydrogen) atoms. The van der Waals surface area contributed by atoms with Crippen LogP contribution < -0.4 is 9.47 Å². The molecule has 1 aromatic rings. The number of methoxy groups -OCH3 is 1. The number of benzene rings is 1. The second-order valence-corrected chi connectivity index (χ2v) is 6.47. The van der Waals surface area contributed by atoms with Gasteiger partial charge in [-0.3, -0.25) is 19.3 Å². The number of imide groups is 1. The van der Waals surface area contributed by atoms with Crippen molar-refractivity contribution in [1.29, 1.82) is 0 Å². The Labute approximate surface area is 143 Å². The van der Waals surface area contributed by atoms with Crippen molar-refractivity contribution in [2.75, 3.05) is 32.6 Å². The molecule has 0 aliphatic carbocycles. The number of hydrogen-bond donors (Lipinski definition) is 0. The van der Waals surface area contributed by atoms with Crippen LogP contribution in [0.4, 0.5) is 4.79 Å². The standard InChI is InChI=1S/C16H18N2O5S/c1-22-12-4-2-3-5-13(12)23-9-14(19)17-7-6-11(8-17)18-15(20)10-24-16(18)21/h2-5,11H,6-10H2,1H3. The maximum absolute atomic E-state index is 12.3. The zero-order valence-corrected chi connectivity index (χ0v) is 14.1. The lowest BCUT2D eigenvalue weighted by Crippen LogP contribution is -2.42. The zero-order chi connectivity index (χ0) is 17.1. The number of amides is 3. The first-order valence-corrected chi connectivity index (χ1v) is 8.61. The van der Waals surface area contributed by atoms with Gasteiger partial charge in [-0.2, -0.15) is 0 Å². The molecule has 1 atom stereocenters. The Bertz CT molecular complexity index is 650. The molecule has 2 heterocycles. The fourth-order valence-corrected chi connectivity index (χ4v) is 3.64. The zero-order valence-electron chi connectivity index (χ0n) is 13.3. The average Bonchev–Trinajstić information content (AvgIpc) is 3.19. The largest absolute Gasteiger partial charge is 0.493 e. The molecule has 1 aromatic carbocycles. The van der Waals surface area contributed by atoms with Gasteiger partial charge >= 0.3 is 0 Å². The van der Waals surface area contributed by atoms with Crippen LogP contribution in [0.5, 0.6) is 11.5 Å². The second-order valence-electron chi connectivity index (χ2n) is 5.54. The molecule has 3 rings (SSSR count). The molecule has 2 aliphatic rings. The quantitative estimate of drug-likeness (QED) is 0.798. The minimum atomic E-state index is -0.227. The van der Waals surface area contributed by atoms with Crippen LogP contribution in [0.1, 0.15) is 6.42 Å². The lowest BCUT2D eigenvalue weighted by atomic mass is 10.2. The number of thioether (sulfide) groups is 1. The first kappa shape index (κ1) is 16.6.